The van der Waals surface area contributed by atoms with E-state index < -0.39 is 0 Å². The van der Waals surface area contributed by atoms with E-state index in [1.54, 1.807) is 5.57 Å². The molecule has 3 aliphatic carbocycles. The first-order valence-corrected chi connectivity index (χ1v) is 18.4. The van der Waals surface area contributed by atoms with Crippen LogP contribution >= 0.6 is 7.92 Å². The van der Waals surface area contributed by atoms with Gasteiger partial charge < -0.3 is 4.90 Å². The van der Waals surface area contributed by atoms with Crippen LogP contribution in [-0.2, 0) is 0 Å². The van der Waals surface area contributed by atoms with Gasteiger partial charge in [-0.25, -0.2) is 5.43 Å². The van der Waals surface area contributed by atoms with Crippen molar-refractivity contribution in [3.05, 3.63) is 108 Å². The zero-order chi connectivity index (χ0) is 28.1. The summed E-state index contributed by atoms with van der Waals surface area (Å²) in [7, 11) is -0.0540. The molecule has 0 bridgehead atoms. The smallest absolute Gasteiger partial charge is 0.129 e. The third-order valence-corrected chi connectivity index (χ3v) is 14.3. The molecule has 1 saturated heterocycles. The molecule has 1 aliphatic heterocycles. The molecule has 0 amide bonds. The molecule has 1 N–H and O–H groups in total. The summed E-state index contributed by atoms with van der Waals surface area (Å²) in [6, 6.07) is 33.4. The van der Waals surface area contributed by atoms with Crippen molar-refractivity contribution in [1.29, 1.82) is 0 Å². The van der Waals surface area contributed by atoms with Crippen molar-refractivity contribution in [2.45, 2.75) is 113 Å². The second-order valence-electron chi connectivity index (χ2n) is 13.0. The molecule has 3 aromatic carbocycles. The number of anilines is 2. The number of allylic oxidation sites excluding steroid dienone is 1. The lowest BCUT2D eigenvalue weighted by Crippen LogP contribution is -2.35. The van der Waals surface area contributed by atoms with Crippen molar-refractivity contribution in [3.63, 3.8) is 0 Å². The average Bonchev–Trinajstić information content (AvgIpc) is 3.48. The van der Waals surface area contributed by atoms with E-state index in [2.05, 4.69) is 106 Å². The van der Waals surface area contributed by atoms with Crippen LogP contribution in [0, 0.1) is 0 Å². The van der Waals surface area contributed by atoms with Crippen LogP contribution in [-0.4, -0.2) is 17.0 Å². The molecule has 42 heavy (non-hydrogen) atoms. The maximum absolute atomic E-state index is 4.05. The molecule has 220 valence electrons. The molecule has 7 rings (SSSR count). The van der Waals surface area contributed by atoms with Gasteiger partial charge in [-0.2, -0.15) is 0 Å². The molecular weight excluding hydrogens is 529 g/mol. The monoisotopic (exact) mass is 577 g/mol. The van der Waals surface area contributed by atoms with Gasteiger partial charge in [-0.05, 0) is 91.7 Å². The molecule has 2 unspecified atom stereocenters. The number of rotatable bonds is 6. The van der Waals surface area contributed by atoms with E-state index in [-0.39, 0.29) is 14.1 Å². The normalized spacial score (nSPS) is 26.2. The van der Waals surface area contributed by atoms with E-state index in [9.17, 15) is 0 Å². The van der Waals surface area contributed by atoms with Crippen molar-refractivity contribution in [1.82, 2.24) is 5.43 Å². The highest BCUT2D eigenvalue weighted by molar-refractivity contribution is 7.60. The maximum atomic E-state index is 4.05. The highest BCUT2D eigenvalue weighted by Gasteiger charge is 2.44. The van der Waals surface area contributed by atoms with Crippen molar-refractivity contribution >= 4 is 19.3 Å². The second-order valence-corrected chi connectivity index (χ2v) is 15.9. The van der Waals surface area contributed by atoms with Crippen LogP contribution in [0.15, 0.2) is 102 Å². The van der Waals surface area contributed by atoms with Crippen LogP contribution in [0.4, 0.5) is 11.4 Å². The predicted octanol–water partition coefficient (Wildman–Crippen LogP) is 10.5. The summed E-state index contributed by atoms with van der Waals surface area (Å²) in [6.07, 6.45) is 20.0. The number of hydrogen-bond acceptors (Lipinski definition) is 3. The zero-order valence-corrected chi connectivity index (χ0v) is 26.1. The molecule has 0 radical (unpaired) electrons. The molecule has 0 aromatic heterocycles. The first-order valence-electron chi connectivity index (χ1n) is 16.9. The van der Waals surface area contributed by atoms with Gasteiger partial charge in [-0.1, -0.05) is 120 Å². The Kier molecular flexibility index (Phi) is 8.96. The summed E-state index contributed by atoms with van der Waals surface area (Å²) < 4.78 is 0. The van der Waals surface area contributed by atoms with Crippen LogP contribution in [0.2, 0.25) is 0 Å². The number of benzene rings is 3. The predicted molar refractivity (Wildman–Crippen MR) is 180 cm³/mol. The van der Waals surface area contributed by atoms with Gasteiger partial charge in [0.05, 0.1) is 5.69 Å². The van der Waals surface area contributed by atoms with Crippen LogP contribution in [0.5, 0.6) is 0 Å². The van der Waals surface area contributed by atoms with Crippen LogP contribution in [0.3, 0.4) is 0 Å². The molecule has 2 atom stereocenters. The van der Waals surface area contributed by atoms with E-state index in [4.69, 9.17) is 0 Å². The number of nitrogens with zero attached hydrogens (tertiary/aromatic N) is 2. The minimum Gasteiger partial charge on any atom is -0.305 e. The summed E-state index contributed by atoms with van der Waals surface area (Å²) >= 11 is 0. The van der Waals surface area contributed by atoms with Crippen LogP contribution in [0.1, 0.15) is 102 Å². The minimum atomic E-state index is -0.0540. The zero-order valence-electron chi connectivity index (χ0n) is 25.2. The Hall–Kier alpha value is -2.61. The first kappa shape index (κ1) is 28.2. The summed E-state index contributed by atoms with van der Waals surface area (Å²) in [5.74, 6) is 1.42. The van der Waals surface area contributed by atoms with Gasteiger partial charge in [0, 0.05) is 11.3 Å². The molecule has 0 spiro atoms. The van der Waals surface area contributed by atoms with Gasteiger partial charge in [0.25, 0.3) is 0 Å². The third kappa shape index (κ3) is 5.80. The molecule has 4 heteroatoms. The molecule has 4 aliphatic rings. The van der Waals surface area contributed by atoms with Gasteiger partial charge in [0.15, 0.2) is 0 Å². The van der Waals surface area contributed by atoms with Crippen LogP contribution < -0.4 is 15.3 Å². The van der Waals surface area contributed by atoms with E-state index in [1.807, 2.05) is 0 Å². The minimum absolute atomic E-state index is 0.0504. The molecule has 3 aromatic rings. The van der Waals surface area contributed by atoms with Crippen LogP contribution in [0.25, 0.3) is 0 Å². The van der Waals surface area contributed by atoms with Gasteiger partial charge in [-0.15, -0.1) is 0 Å². The molecule has 1 heterocycles. The standard InChI is InChI=1S/C38H48N3P/c1-6-18-30(19-7-1)37-39-41(32-22-10-3-11-23-32)38(40(37)31-20-8-2-9-21-31)35-28-16-17-29-36(35)42(33-24-12-4-13-25-33)34-26-14-5-15-27-34/h1-3,6-11,18-23,33-34,36-37,39H,4-5,12-17,24-29H2. The topological polar surface area (TPSA) is 18.5 Å². The maximum Gasteiger partial charge on any atom is 0.129 e. The molecular formula is C38H48N3P. The second kappa shape index (κ2) is 13.4. The summed E-state index contributed by atoms with van der Waals surface area (Å²) in [5, 5.41) is 2.48. The van der Waals surface area contributed by atoms with Gasteiger partial charge in [-0.3, -0.25) is 5.01 Å². The Morgan fingerprint density at radius 1 is 0.548 bits per heavy atom. The Bertz CT molecular complexity index is 1280. The SMILES string of the molecule is c1ccc(C2NN(c3ccccc3)C(=C3CCCCC3P(C3CCCCC3)C3CCCCC3)N2c2ccccc2)cc1. The Morgan fingerprint density at radius 2 is 1.07 bits per heavy atom. The number of hydrazine groups is 1. The number of nitrogens with one attached hydrogen (secondary N) is 1. The fraction of sp³-hybridized carbons (Fsp3) is 0.474. The Labute approximate surface area is 255 Å². The first-order chi connectivity index (χ1) is 20.9. The van der Waals surface area contributed by atoms with Gasteiger partial charge >= 0.3 is 0 Å². The fourth-order valence-corrected chi connectivity index (χ4v) is 13.0. The fourth-order valence-electron chi connectivity index (χ4n) is 8.41. The van der Waals surface area contributed by atoms with Crippen molar-refractivity contribution in [2.75, 3.05) is 9.91 Å². The number of hydrogen-bond donors (Lipinski definition) is 1. The number of para-hydroxylation sites is 2. The van der Waals surface area contributed by atoms with Gasteiger partial charge in [0.2, 0.25) is 0 Å². The molecule has 3 nitrogen and oxygen atoms in total. The average molecular weight is 578 g/mol. The quantitative estimate of drug-likeness (QED) is 0.294. The lowest BCUT2D eigenvalue weighted by atomic mass is 9.93. The van der Waals surface area contributed by atoms with Gasteiger partial charge in [0.1, 0.15) is 12.0 Å². The van der Waals surface area contributed by atoms with E-state index >= 15 is 0 Å². The Balaban J connectivity index is 1.41. The van der Waals surface area contributed by atoms with E-state index in [0.29, 0.717) is 0 Å². The molecule has 3 saturated carbocycles. The van der Waals surface area contributed by atoms with Crippen molar-refractivity contribution in [2.24, 2.45) is 0 Å². The third-order valence-electron chi connectivity index (χ3n) is 10.3. The highest BCUT2D eigenvalue weighted by atomic mass is 31.1. The van der Waals surface area contributed by atoms with Crippen molar-refractivity contribution < 1.29 is 0 Å². The lowest BCUT2D eigenvalue weighted by Gasteiger charge is -2.46. The molecule has 4 fully saturated rings. The van der Waals surface area contributed by atoms with E-state index in [1.165, 1.54) is 113 Å². The Morgan fingerprint density at radius 3 is 1.67 bits per heavy atom. The largest absolute Gasteiger partial charge is 0.305 e. The highest BCUT2D eigenvalue weighted by Crippen LogP contribution is 2.63. The van der Waals surface area contributed by atoms with E-state index in [0.717, 1.165) is 17.0 Å². The van der Waals surface area contributed by atoms with Crippen molar-refractivity contribution in [3.8, 4) is 0 Å². The summed E-state index contributed by atoms with van der Waals surface area (Å²) in [5.41, 5.74) is 12.3. The summed E-state index contributed by atoms with van der Waals surface area (Å²) in [6.45, 7) is 0. The summed E-state index contributed by atoms with van der Waals surface area (Å²) in [4.78, 5) is 2.66. The lowest BCUT2D eigenvalue weighted by molar-refractivity contribution is 0.476.